The van der Waals surface area contributed by atoms with E-state index in [1.54, 1.807) is 25.1 Å². The number of hydrogen-bond acceptors (Lipinski definition) is 3. The summed E-state index contributed by atoms with van der Waals surface area (Å²) >= 11 is 6.16. The number of aromatic nitrogens is 1. The van der Waals surface area contributed by atoms with Crippen LogP contribution in [-0.4, -0.2) is 22.0 Å². The molecule has 0 fully saturated rings. The molecular weight excluding hydrogens is 419 g/mol. The van der Waals surface area contributed by atoms with Crippen LogP contribution in [0.4, 0.5) is 10.1 Å². The lowest BCUT2D eigenvalue weighted by molar-refractivity contribution is 0.0696. The third kappa shape index (κ3) is 3.98. The van der Waals surface area contributed by atoms with E-state index < -0.39 is 17.7 Å². The Hall–Kier alpha value is -3.77. The third-order valence-electron chi connectivity index (χ3n) is 4.93. The lowest BCUT2D eigenvalue weighted by Crippen LogP contribution is -2.16. The number of carboxylic acids is 1. The Balaban J connectivity index is 1.85. The molecule has 0 aliphatic heterocycles. The molecule has 0 spiro atoms. The van der Waals surface area contributed by atoms with Crippen molar-refractivity contribution in [3.63, 3.8) is 0 Å². The molecule has 7 heteroatoms. The molecule has 0 aliphatic rings. The molecule has 5 nitrogen and oxygen atoms in total. The van der Waals surface area contributed by atoms with Crippen molar-refractivity contribution in [1.82, 2.24) is 4.98 Å². The van der Waals surface area contributed by atoms with Crippen molar-refractivity contribution in [3.8, 4) is 11.3 Å². The van der Waals surface area contributed by atoms with Gasteiger partial charge in [0.05, 0.1) is 28.0 Å². The van der Waals surface area contributed by atoms with E-state index in [0.717, 1.165) is 11.6 Å². The van der Waals surface area contributed by atoms with Crippen LogP contribution in [0.1, 0.15) is 26.3 Å². The Morgan fingerprint density at radius 1 is 1.03 bits per heavy atom. The fraction of sp³-hybridized carbons (Fsp3) is 0.0417. The first-order valence-electron chi connectivity index (χ1n) is 9.34. The second-order valence-electron chi connectivity index (χ2n) is 6.94. The average Bonchev–Trinajstić information content (AvgIpc) is 2.75. The molecule has 154 valence electrons. The maximum atomic E-state index is 14.4. The number of rotatable bonds is 4. The minimum atomic E-state index is -1.25. The van der Waals surface area contributed by atoms with Crippen LogP contribution in [-0.2, 0) is 0 Å². The monoisotopic (exact) mass is 434 g/mol. The summed E-state index contributed by atoms with van der Waals surface area (Å²) in [6.07, 6.45) is 0. The van der Waals surface area contributed by atoms with Crippen LogP contribution in [0, 0.1) is 12.7 Å². The molecule has 1 amide bonds. The summed E-state index contributed by atoms with van der Waals surface area (Å²) in [5, 5.41) is 12.5. The molecular formula is C24H16ClFN2O3. The number of nitrogens with zero attached hydrogens (tertiary/aromatic N) is 1. The molecule has 1 heterocycles. The van der Waals surface area contributed by atoms with Gasteiger partial charge < -0.3 is 10.4 Å². The summed E-state index contributed by atoms with van der Waals surface area (Å²) in [6, 6.07) is 17.8. The molecule has 0 aliphatic carbocycles. The van der Waals surface area contributed by atoms with Crippen molar-refractivity contribution in [1.29, 1.82) is 0 Å². The molecule has 2 N–H and O–H groups in total. The minimum absolute atomic E-state index is 0.123. The number of fused-ring (bicyclic) bond motifs is 1. The number of pyridine rings is 1. The number of nitrogens with one attached hydrogen (secondary N) is 1. The standard InChI is InChI=1S/C24H16ClFN2O3/c1-13-21(23(29)28-20-9-7-15(24(30)31)11-18(20)26)17-12-16(25)8-10-19(17)27-22(13)14-5-3-2-4-6-14/h2-12H,1H3,(H,28,29)(H,30,31). The number of carboxylic acid groups (broad SMARTS) is 1. The number of benzene rings is 3. The summed E-state index contributed by atoms with van der Waals surface area (Å²) in [6.45, 7) is 1.77. The summed E-state index contributed by atoms with van der Waals surface area (Å²) in [7, 11) is 0. The van der Waals surface area contributed by atoms with Gasteiger partial charge in [-0.3, -0.25) is 4.79 Å². The maximum Gasteiger partial charge on any atom is 0.335 e. The van der Waals surface area contributed by atoms with Crippen LogP contribution in [0.15, 0.2) is 66.7 Å². The molecule has 0 atom stereocenters. The third-order valence-corrected chi connectivity index (χ3v) is 5.16. The van der Waals surface area contributed by atoms with Crippen molar-refractivity contribution in [3.05, 3.63) is 94.3 Å². The van der Waals surface area contributed by atoms with E-state index in [0.29, 0.717) is 32.7 Å². The Labute approximate surface area is 182 Å². The highest BCUT2D eigenvalue weighted by molar-refractivity contribution is 6.31. The van der Waals surface area contributed by atoms with E-state index in [9.17, 15) is 14.0 Å². The molecule has 0 radical (unpaired) electrons. The van der Waals surface area contributed by atoms with Crippen LogP contribution in [0.5, 0.6) is 0 Å². The smallest absolute Gasteiger partial charge is 0.335 e. The first-order chi connectivity index (χ1) is 14.8. The van der Waals surface area contributed by atoms with E-state index in [1.807, 2.05) is 30.3 Å². The average molecular weight is 435 g/mol. The Morgan fingerprint density at radius 2 is 1.77 bits per heavy atom. The van der Waals surface area contributed by atoms with Crippen molar-refractivity contribution >= 4 is 40.1 Å². The van der Waals surface area contributed by atoms with E-state index >= 15 is 0 Å². The summed E-state index contributed by atoms with van der Waals surface area (Å²) in [5.41, 5.74) is 2.63. The molecule has 0 unspecified atom stereocenters. The van der Waals surface area contributed by atoms with Crippen molar-refractivity contribution in [2.45, 2.75) is 6.92 Å². The minimum Gasteiger partial charge on any atom is -0.478 e. The number of aromatic carboxylic acids is 1. The first-order valence-corrected chi connectivity index (χ1v) is 9.72. The lowest BCUT2D eigenvalue weighted by atomic mass is 9.97. The van der Waals surface area contributed by atoms with E-state index in [2.05, 4.69) is 5.32 Å². The van der Waals surface area contributed by atoms with Gasteiger partial charge in [-0.1, -0.05) is 41.9 Å². The zero-order valence-corrected chi connectivity index (χ0v) is 17.1. The first kappa shape index (κ1) is 20.5. The van der Waals surface area contributed by atoms with Gasteiger partial charge in [-0.2, -0.15) is 0 Å². The second-order valence-corrected chi connectivity index (χ2v) is 7.38. The number of halogens is 2. The molecule has 1 aromatic heterocycles. The van der Waals surface area contributed by atoms with Gasteiger partial charge in [0.1, 0.15) is 5.82 Å². The number of carbonyl (C=O) groups is 2. The molecule has 3 aromatic carbocycles. The number of anilines is 1. The van der Waals surface area contributed by atoms with Crippen LogP contribution in [0.3, 0.4) is 0 Å². The Bertz CT molecular complexity index is 1340. The SMILES string of the molecule is Cc1c(-c2ccccc2)nc2ccc(Cl)cc2c1C(=O)Nc1ccc(C(=O)O)cc1F. The highest BCUT2D eigenvalue weighted by atomic mass is 35.5. The summed E-state index contributed by atoms with van der Waals surface area (Å²) < 4.78 is 14.4. The van der Waals surface area contributed by atoms with Crippen molar-refractivity contribution < 1.29 is 19.1 Å². The van der Waals surface area contributed by atoms with Gasteiger partial charge in [-0.05, 0) is 48.9 Å². The Morgan fingerprint density at radius 3 is 2.45 bits per heavy atom. The molecule has 4 rings (SSSR count). The van der Waals surface area contributed by atoms with Crippen LogP contribution in [0.25, 0.3) is 22.2 Å². The lowest BCUT2D eigenvalue weighted by Gasteiger charge is -2.15. The largest absolute Gasteiger partial charge is 0.478 e. The topological polar surface area (TPSA) is 79.3 Å². The number of amides is 1. The normalized spacial score (nSPS) is 10.8. The van der Waals surface area contributed by atoms with Crippen LogP contribution in [0.2, 0.25) is 5.02 Å². The van der Waals surface area contributed by atoms with E-state index in [1.165, 1.54) is 12.1 Å². The van der Waals surface area contributed by atoms with Crippen molar-refractivity contribution in [2.75, 3.05) is 5.32 Å². The van der Waals surface area contributed by atoms with E-state index in [4.69, 9.17) is 21.7 Å². The fourth-order valence-corrected chi connectivity index (χ4v) is 3.61. The molecule has 0 saturated heterocycles. The predicted molar refractivity (Wildman–Crippen MR) is 118 cm³/mol. The highest BCUT2D eigenvalue weighted by Crippen LogP contribution is 2.32. The van der Waals surface area contributed by atoms with Crippen LogP contribution < -0.4 is 5.32 Å². The molecule has 0 saturated carbocycles. The van der Waals surface area contributed by atoms with Gasteiger partial charge in [0.15, 0.2) is 0 Å². The van der Waals surface area contributed by atoms with Gasteiger partial charge in [-0.15, -0.1) is 0 Å². The predicted octanol–water partition coefficient (Wildman–Crippen LogP) is 5.95. The summed E-state index contributed by atoms with van der Waals surface area (Å²) in [5.74, 6) is -2.65. The van der Waals surface area contributed by atoms with Gasteiger partial charge in [0, 0.05) is 16.0 Å². The van der Waals surface area contributed by atoms with E-state index in [-0.39, 0.29) is 11.3 Å². The quantitative estimate of drug-likeness (QED) is 0.415. The Kier molecular flexibility index (Phi) is 5.40. The number of hydrogen-bond donors (Lipinski definition) is 2. The van der Waals surface area contributed by atoms with Gasteiger partial charge in [-0.25, -0.2) is 14.2 Å². The van der Waals surface area contributed by atoms with Crippen molar-refractivity contribution in [2.24, 2.45) is 0 Å². The number of carbonyl (C=O) groups excluding carboxylic acids is 1. The second kappa shape index (κ2) is 8.16. The molecule has 0 bridgehead atoms. The zero-order valence-electron chi connectivity index (χ0n) is 16.3. The highest BCUT2D eigenvalue weighted by Gasteiger charge is 2.20. The molecule has 31 heavy (non-hydrogen) atoms. The van der Waals surface area contributed by atoms with Gasteiger partial charge in [0.25, 0.3) is 5.91 Å². The molecule has 4 aromatic rings. The zero-order chi connectivity index (χ0) is 22.1. The fourth-order valence-electron chi connectivity index (χ4n) is 3.43. The van der Waals surface area contributed by atoms with Gasteiger partial charge in [0.2, 0.25) is 0 Å². The van der Waals surface area contributed by atoms with Crippen LogP contribution >= 0.6 is 11.6 Å². The van der Waals surface area contributed by atoms with Gasteiger partial charge >= 0.3 is 5.97 Å². The maximum absolute atomic E-state index is 14.4. The summed E-state index contributed by atoms with van der Waals surface area (Å²) in [4.78, 5) is 29.0.